The maximum Gasteiger partial charge on any atom is 0.328 e. The molecule has 0 aromatic heterocycles. The Labute approximate surface area is 140 Å². The van der Waals surface area contributed by atoms with Gasteiger partial charge in [0.25, 0.3) is 0 Å². The van der Waals surface area contributed by atoms with E-state index < -0.39 is 9.20 Å². The summed E-state index contributed by atoms with van der Waals surface area (Å²) in [6.45, 7) is 0. The minimum atomic E-state index is -0.999. The summed E-state index contributed by atoms with van der Waals surface area (Å²) in [5.41, 5.74) is 0.852. The summed E-state index contributed by atoms with van der Waals surface area (Å²) in [7, 11) is 0. The van der Waals surface area contributed by atoms with Crippen molar-refractivity contribution in [2.45, 2.75) is 3.23 Å². The van der Waals surface area contributed by atoms with Crippen LogP contribution in [0.1, 0.15) is 5.56 Å². The standard InChI is InChI=1S/C10H5Br5O2/c11-6-2-1-5(8(12)9(6)13)10(14,15)4-3-7(16)17/h1-4H,(H,16,17)/b4-3+. The maximum atomic E-state index is 10.5. The molecule has 0 unspecified atom stereocenters. The van der Waals surface area contributed by atoms with E-state index in [1.807, 2.05) is 12.1 Å². The quantitative estimate of drug-likeness (QED) is 0.301. The van der Waals surface area contributed by atoms with Gasteiger partial charge < -0.3 is 5.11 Å². The van der Waals surface area contributed by atoms with Gasteiger partial charge in [0.1, 0.15) is 3.23 Å². The van der Waals surface area contributed by atoms with E-state index in [0.717, 1.165) is 25.1 Å². The van der Waals surface area contributed by atoms with Crippen LogP contribution in [0.4, 0.5) is 0 Å². The molecule has 7 heteroatoms. The predicted octanol–water partition coefficient (Wildman–Crippen LogP) is 5.56. The lowest BCUT2D eigenvalue weighted by Gasteiger charge is -2.19. The predicted molar refractivity (Wildman–Crippen MR) is 85.8 cm³/mol. The highest BCUT2D eigenvalue weighted by atomic mass is 79.9. The highest BCUT2D eigenvalue weighted by molar-refractivity contribution is 9.25. The summed E-state index contributed by atoms with van der Waals surface area (Å²) in [5, 5.41) is 8.63. The molecule has 0 radical (unpaired) electrons. The summed E-state index contributed by atoms with van der Waals surface area (Å²) in [6.07, 6.45) is 2.58. The molecule has 1 rings (SSSR count). The first-order valence-corrected chi connectivity index (χ1v) is 8.16. The summed E-state index contributed by atoms with van der Waals surface area (Å²) in [5.74, 6) is -0.999. The SMILES string of the molecule is O=C(O)/C=C/C(Br)(Br)c1ccc(Br)c(Br)c1Br. The number of aliphatic carboxylic acids is 1. The van der Waals surface area contributed by atoms with Crippen molar-refractivity contribution in [1.82, 2.24) is 0 Å². The fourth-order valence-corrected chi connectivity index (χ4v) is 4.11. The maximum absolute atomic E-state index is 10.5. The second-order valence-corrected chi connectivity index (χ2v) is 9.02. The number of carbonyl (C=O) groups is 1. The van der Waals surface area contributed by atoms with Crippen LogP contribution in [0.15, 0.2) is 37.7 Å². The van der Waals surface area contributed by atoms with Crippen molar-refractivity contribution in [3.05, 3.63) is 43.3 Å². The van der Waals surface area contributed by atoms with Crippen LogP contribution in [0.2, 0.25) is 0 Å². The molecule has 0 aliphatic heterocycles. The number of rotatable bonds is 3. The van der Waals surface area contributed by atoms with E-state index in [1.165, 1.54) is 6.08 Å². The summed E-state index contributed by atoms with van der Waals surface area (Å²) >= 11 is 17.1. The molecule has 0 aliphatic rings. The van der Waals surface area contributed by atoms with Crippen LogP contribution in [-0.2, 0) is 8.03 Å². The smallest absolute Gasteiger partial charge is 0.328 e. The number of hydrogen-bond donors (Lipinski definition) is 1. The van der Waals surface area contributed by atoms with Gasteiger partial charge in [0.05, 0.1) is 0 Å². The average Bonchev–Trinajstić information content (AvgIpc) is 2.23. The molecule has 1 aromatic rings. The van der Waals surface area contributed by atoms with Crippen LogP contribution in [-0.4, -0.2) is 11.1 Å². The first-order valence-electron chi connectivity index (χ1n) is 4.19. The number of alkyl halides is 2. The number of halogens is 5. The molecule has 0 bridgehead atoms. The lowest BCUT2D eigenvalue weighted by atomic mass is 10.1. The zero-order chi connectivity index (χ0) is 13.2. The molecule has 0 amide bonds. The Morgan fingerprint density at radius 1 is 1.18 bits per heavy atom. The molecular weight excluding hydrogens is 552 g/mol. The molecular formula is C10H5Br5O2. The van der Waals surface area contributed by atoms with Gasteiger partial charge in [-0.25, -0.2) is 4.79 Å². The Morgan fingerprint density at radius 2 is 1.76 bits per heavy atom. The van der Waals surface area contributed by atoms with Crippen LogP contribution in [0.3, 0.4) is 0 Å². The van der Waals surface area contributed by atoms with Gasteiger partial charge in [-0.2, -0.15) is 0 Å². The van der Waals surface area contributed by atoms with Gasteiger partial charge in [0.2, 0.25) is 0 Å². The molecule has 0 spiro atoms. The molecule has 0 saturated carbocycles. The minimum absolute atomic E-state index is 0.736. The number of hydrogen-bond acceptors (Lipinski definition) is 1. The Balaban J connectivity index is 3.24. The van der Waals surface area contributed by atoms with Gasteiger partial charge in [0, 0.05) is 19.5 Å². The normalized spacial score (nSPS) is 12.1. The fourth-order valence-electron chi connectivity index (χ4n) is 1.05. The van der Waals surface area contributed by atoms with Crippen LogP contribution >= 0.6 is 79.6 Å². The molecule has 17 heavy (non-hydrogen) atoms. The molecule has 1 N–H and O–H groups in total. The third-order valence-electron chi connectivity index (χ3n) is 1.83. The van der Waals surface area contributed by atoms with E-state index in [-0.39, 0.29) is 0 Å². The van der Waals surface area contributed by atoms with Gasteiger partial charge in [-0.3, -0.25) is 0 Å². The van der Waals surface area contributed by atoms with Crippen LogP contribution < -0.4 is 0 Å². The van der Waals surface area contributed by atoms with Crippen molar-refractivity contribution in [3.63, 3.8) is 0 Å². The first-order chi connectivity index (χ1) is 7.75. The number of carboxylic acids is 1. The molecule has 92 valence electrons. The molecule has 0 saturated heterocycles. The third-order valence-corrected chi connectivity index (χ3v) is 6.58. The summed E-state index contributed by atoms with van der Waals surface area (Å²) in [6, 6.07) is 3.74. The topological polar surface area (TPSA) is 37.3 Å². The molecule has 0 heterocycles. The molecule has 0 fully saturated rings. The van der Waals surface area contributed by atoms with Gasteiger partial charge in [-0.05, 0) is 65.5 Å². The highest BCUT2D eigenvalue weighted by Crippen LogP contribution is 2.46. The van der Waals surface area contributed by atoms with E-state index in [4.69, 9.17) is 5.11 Å². The number of allylic oxidation sites excluding steroid dienone is 1. The third kappa shape index (κ3) is 4.16. The number of benzene rings is 1. The van der Waals surface area contributed by atoms with Crippen LogP contribution in [0, 0.1) is 0 Å². The second-order valence-electron chi connectivity index (χ2n) is 3.02. The van der Waals surface area contributed by atoms with E-state index in [2.05, 4.69) is 79.6 Å². The zero-order valence-electron chi connectivity index (χ0n) is 8.05. The Kier molecular flexibility index (Phi) is 5.91. The largest absolute Gasteiger partial charge is 0.478 e. The van der Waals surface area contributed by atoms with E-state index in [0.29, 0.717) is 0 Å². The molecule has 2 nitrogen and oxygen atoms in total. The van der Waals surface area contributed by atoms with Crippen molar-refractivity contribution in [2.75, 3.05) is 0 Å². The van der Waals surface area contributed by atoms with Gasteiger partial charge in [-0.1, -0.05) is 37.9 Å². The van der Waals surface area contributed by atoms with Gasteiger partial charge in [-0.15, -0.1) is 0 Å². The van der Waals surface area contributed by atoms with E-state index >= 15 is 0 Å². The Bertz CT molecular complexity index is 482. The highest BCUT2D eigenvalue weighted by Gasteiger charge is 2.26. The van der Waals surface area contributed by atoms with Crippen molar-refractivity contribution in [2.24, 2.45) is 0 Å². The van der Waals surface area contributed by atoms with Gasteiger partial charge in [0.15, 0.2) is 0 Å². The van der Waals surface area contributed by atoms with Crippen molar-refractivity contribution in [1.29, 1.82) is 0 Å². The summed E-state index contributed by atoms with van der Waals surface area (Å²) in [4.78, 5) is 10.5. The fraction of sp³-hybridized carbons (Fsp3) is 0.100. The lowest BCUT2D eigenvalue weighted by molar-refractivity contribution is -0.131. The number of carboxylic acid groups (broad SMARTS) is 1. The van der Waals surface area contributed by atoms with Gasteiger partial charge >= 0.3 is 5.97 Å². The van der Waals surface area contributed by atoms with E-state index in [9.17, 15) is 4.79 Å². The Morgan fingerprint density at radius 3 is 2.29 bits per heavy atom. The van der Waals surface area contributed by atoms with Crippen LogP contribution in [0.5, 0.6) is 0 Å². The minimum Gasteiger partial charge on any atom is -0.478 e. The average molecular weight is 557 g/mol. The van der Waals surface area contributed by atoms with Crippen molar-refractivity contribution in [3.8, 4) is 0 Å². The first kappa shape index (κ1) is 15.9. The van der Waals surface area contributed by atoms with Crippen LogP contribution in [0.25, 0.3) is 0 Å². The second kappa shape index (κ2) is 6.32. The molecule has 0 aliphatic carbocycles. The lowest BCUT2D eigenvalue weighted by Crippen LogP contribution is -2.07. The van der Waals surface area contributed by atoms with Crippen molar-refractivity contribution >= 4 is 85.6 Å². The summed E-state index contributed by atoms with van der Waals surface area (Å²) < 4.78 is 1.87. The van der Waals surface area contributed by atoms with Crippen molar-refractivity contribution < 1.29 is 9.90 Å². The Hall–Kier alpha value is 0.830. The van der Waals surface area contributed by atoms with E-state index in [1.54, 1.807) is 0 Å². The zero-order valence-corrected chi connectivity index (χ0v) is 16.0. The monoisotopic (exact) mass is 552 g/mol. The molecule has 1 aromatic carbocycles. The molecule has 0 atom stereocenters.